The quantitative estimate of drug-likeness (QED) is 0.551. The van der Waals surface area contributed by atoms with Gasteiger partial charge in [0.2, 0.25) is 11.8 Å². The number of halogens is 1. The minimum atomic E-state index is -0.0706. The Hall–Kier alpha value is -2.86. The van der Waals surface area contributed by atoms with Crippen LogP contribution in [0.3, 0.4) is 0 Å². The first-order valence-corrected chi connectivity index (χ1v) is 10.6. The molecule has 0 saturated heterocycles. The predicted molar refractivity (Wildman–Crippen MR) is 114 cm³/mol. The fourth-order valence-corrected chi connectivity index (χ4v) is 3.71. The highest BCUT2D eigenvalue weighted by Crippen LogP contribution is 2.28. The number of hydrogen-bond acceptors (Lipinski definition) is 5. The number of benzene rings is 1. The van der Waals surface area contributed by atoms with Crippen molar-refractivity contribution >= 4 is 17.5 Å². The molecule has 1 aliphatic rings. The highest BCUT2D eigenvalue weighted by atomic mass is 35.5. The zero-order chi connectivity index (χ0) is 20.8. The maximum Gasteiger partial charge on any atom is 0.220 e. The number of nitrogens with one attached hydrogen (secondary N) is 1. The zero-order valence-corrected chi connectivity index (χ0v) is 17.4. The van der Waals surface area contributed by atoms with Gasteiger partial charge in [0.25, 0.3) is 0 Å². The summed E-state index contributed by atoms with van der Waals surface area (Å²) in [6, 6.07) is 11.2. The Morgan fingerprint density at radius 1 is 1.13 bits per heavy atom. The highest BCUT2D eigenvalue weighted by Gasteiger charge is 2.17. The van der Waals surface area contributed by atoms with Crippen molar-refractivity contribution in [3.63, 3.8) is 0 Å². The Morgan fingerprint density at radius 3 is 2.73 bits per heavy atom. The summed E-state index contributed by atoms with van der Waals surface area (Å²) < 4.78 is 11.6. The number of rotatable bonds is 8. The molecule has 1 aliphatic carbocycles. The van der Waals surface area contributed by atoms with E-state index in [4.69, 9.17) is 20.8 Å². The molecule has 0 radical (unpaired) electrons. The molecular formula is C23H24ClN3O3. The number of aryl methyl sites for hydroxylation is 1. The summed E-state index contributed by atoms with van der Waals surface area (Å²) in [6.45, 7) is 0.423. The summed E-state index contributed by atoms with van der Waals surface area (Å²) in [5.41, 5.74) is 1.72. The Kier molecular flexibility index (Phi) is 6.64. The largest absolute Gasteiger partial charge is 0.474 e. The lowest BCUT2D eigenvalue weighted by atomic mass is 10.2. The number of oxazole rings is 1. The maximum atomic E-state index is 12.2. The lowest BCUT2D eigenvalue weighted by molar-refractivity contribution is -0.121. The van der Waals surface area contributed by atoms with Crippen molar-refractivity contribution in [1.29, 1.82) is 0 Å². The molecule has 0 aliphatic heterocycles. The lowest BCUT2D eigenvalue weighted by Gasteiger charge is -2.12. The molecule has 2 heterocycles. The van der Waals surface area contributed by atoms with E-state index in [2.05, 4.69) is 15.3 Å². The van der Waals surface area contributed by atoms with E-state index in [1.54, 1.807) is 18.5 Å². The second-order valence-corrected chi connectivity index (χ2v) is 7.81. The minimum absolute atomic E-state index is 0.0706. The fraction of sp³-hybridized carbons (Fsp3) is 0.348. The van der Waals surface area contributed by atoms with Crippen LogP contribution < -0.4 is 10.1 Å². The molecule has 7 heteroatoms. The second kappa shape index (κ2) is 9.76. The molecule has 1 fully saturated rings. The highest BCUT2D eigenvalue weighted by molar-refractivity contribution is 6.33. The van der Waals surface area contributed by atoms with Crippen molar-refractivity contribution in [3.8, 4) is 17.2 Å². The van der Waals surface area contributed by atoms with Gasteiger partial charge in [-0.1, -0.05) is 29.8 Å². The van der Waals surface area contributed by atoms with Crippen molar-refractivity contribution in [2.45, 2.75) is 51.2 Å². The van der Waals surface area contributed by atoms with Gasteiger partial charge in [0.15, 0.2) is 11.7 Å². The van der Waals surface area contributed by atoms with Gasteiger partial charge >= 0.3 is 0 Å². The first-order chi connectivity index (χ1) is 14.7. The fourth-order valence-electron chi connectivity index (χ4n) is 3.48. The average Bonchev–Trinajstić information content (AvgIpc) is 3.44. The Bertz CT molecular complexity index is 981. The van der Waals surface area contributed by atoms with E-state index in [9.17, 15) is 4.79 Å². The number of aromatic nitrogens is 2. The topological polar surface area (TPSA) is 77.2 Å². The van der Waals surface area contributed by atoms with Crippen molar-refractivity contribution in [2.24, 2.45) is 0 Å². The first-order valence-electron chi connectivity index (χ1n) is 10.3. The second-order valence-electron chi connectivity index (χ2n) is 7.40. The molecule has 6 nitrogen and oxygen atoms in total. The number of pyridine rings is 1. The van der Waals surface area contributed by atoms with Crippen LogP contribution in [-0.2, 0) is 17.8 Å². The molecule has 1 N–H and O–H groups in total. The van der Waals surface area contributed by atoms with Gasteiger partial charge < -0.3 is 14.5 Å². The maximum absolute atomic E-state index is 12.2. The van der Waals surface area contributed by atoms with E-state index in [-0.39, 0.29) is 12.0 Å². The van der Waals surface area contributed by atoms with Gasteiger partial charge in [0.05, 0.1) is 11.2 Å². The Morgan fingerprint density at radius 2 is 1.97 bits per heavy atom. The van der Waals surface area contributed by atoms with Crippen molar-refractivity contribution in [1.82, 2.24) is 15.3 Å². The van der Waals surface area contributed by atoms with Crippen molar-refractivity contribution in [2.75, 3.05) is 0 Å². The molecule has 0 atom stereocenters. The average molecular weight is 426 g/mol. The van der Waals surface area contributed by atoms with Crippen LogP contribution in [0.1, 0.15) is 43.6 Å². The SMILES string of the molecule is O=C(CCc1ncc(-c2ccccc2Cl)o1)NCc1ccc(OC2CCCC2)nc1. The van der Waals surface area contributed by atoms with Gasteiger partial charge in [-0.05, 0) is 43.4 Å². The van der Waals surface area contributed by atoms with E-state index in [0.29, 0.717) is 41.9 Å². The van der Waals surface area contributed by atoms with Crippen LogP contribution >= 0.6 is 11.6 Å². The van der Waals surface area contributed by atoms with Gasteiger partial charge in [-0.3, -0.25) is 4.79 Å². The molecule has 0 bridgehead atoms. The summed E-state index contributed by atoms with van der Waals surface area (Å²) in [5, 5.41) is 3.50. The van der Waals surface area contributed by atoms with Crippen LogP contribution in [0.15, 0.2) is 53.2 Å². The molecule has 156 valence electrons. The monoisotopic (exact) mass is 425 g/mol. The van der Waals surface area contributed by atoms with Gasteiger partial charge in [-0.25, -0.2) is 9.97 Å². The number of ether oxygens (including phenoxy) is 1. The number of carbonyl (C=O) groups is 1. The van der Waals surface area contributed by atoms with E-state index in [0.717, 1.165) is 24.0 Å². The van der Waals surface area contributed by atoms with E-state index < -0.39 is 0 Å². The number of carbonyl (C=O) groups excluding carboxylic acids is 1. The van der Waals surface area contributed by atoms with Crippen molar-refractivity contribution in [3.05, 3.63) is 65.3 Å². The molecule has 1 amide bonds. The molecule has 3 aromatic rings. The Balaban J connectivity index is 1.22. The first kappa shape index (κ1) is 20.4. The number of amides is 1. The van der Waals surface area contributed by atoms with Gasteiger partial charge in [0, 0.05) is 37.2 Å². The molecule has 4 rings (SSSR count). The molecule has 0 spiro atoms. The lowest BCUT2D eigenvalue weighted by Crippen LogP contribution is -2.23. The third-order valence-corrected chi connectivity index (χ3v) is 5.47. The zero-order valence-electron chi connectivity index (χ0n) is 16.6. The summed E-state index contributed by atoms with van der Waals surface area (Å²) in [6.07, 6.45) is 9.03. The third-order valence-electron chi connectivity index (χ3n) is 5.14. The summed E-state index contributed by atoms with van der Waals surface area (Å²) in [5.74, 6) is 1.69. The summed E-state index contributed by atoms with van der Waals surface area (Å²) in [7, 11) is 0. The number of hydrogen-bond donors (Lipinski definition) is 1. The predicted octanol–water partition coefficient (Wildman–Crippen LogP) is 4.96. The van der Waals surface area contributed by atoms with Gasteiger partial charge in [-0.2, -0.15) is 0 Å². The standard InChI is InChI=1S/C23H24ClN3O3/c24-19-8-4-3-7-18(19)20-15-27-23(30-20)12-10-21(28)25-13-16-9-11-22(26-14-16)29-17-5-1-2-6-17/h3-4,7-9,11,14-15,17H,1-2,5-6,10,12-13H2,(H,25,28). The molecular weight excluding hydrogens is 402 g/mol. The Labute approximate surface area is 180 Å². The van der Waals surface area contributed by atoms with E-state index in [1.807, 2.05) is 30.3 Å². The van der Waals surface area contributed by atoms with Crippen LogP contribution in [-0.4, -0.2) is 22.0 Å². The van der Waals surface area contributed by atoms with Crippen LogP contribution in [0.4, 0.5) is 0 Å². The molecule has 1 aromatic carbocycles. The summed E-state index contributed by atoms with van der Waals surface area (Å²) >= 11 is 6.18. The minimum Gasteiger partial charge on any atom is -0.474 e. The molecule has 0 unspecified atom stereocenters. The van der Waals surface area contributed by atoms with Gasteiger partial charge in [0.1, 0.15) is 6.10 Å². The normalized spacial score (nSPS) is 14.0. The van der Waals surface area contributed by atoms with Crippen LogP contribution in [0.25, 0.3) is 11.3 Å². The molecule has 2 aromatic heterocycles. The number of nitrogens with zero attached hydrogens (tertiary/aromatic N) is 2. The third kappa shape index (κ3) is 5.39. The van der Waals surface area contributed by atoms with E-state index >= 15 is 0 Å². The van der Waals surface area contributed by atoms with Crippen molar-refractivity contribution < 1.29 is 13.9 Å². The van der Waals surface area contributed by atoms with Crippen LogP contribution in [0, 0.1) is 0 Å². The van der Waals surface area contributed by atoms with Crippen LogP contribution in [0.5, 0.6) is 5.88 Å². The molecule has 30 heavy (non-hydrogen) atoms. The van der Waals surface area contributed by atoms with E-state index in [1.165, 1.54) is 12.8 Å². The summed E-state index contributed by atoms with van der Waals surface area (Å²) in [4.78, 5) is 20.8. The molecule has 1 saturated carbocycles. The smallest absolute Gasteiger partial charge is 0.220 e. The van der Waals surface area contributed by atoms with Gasteiger partial charge in [-0.15, -0.1) is 0 Å². The van der Waals surface area contributed by atoms with Crippen LogP contribution in [0.2, 0.25) is 5.02 Å².